The van der Waals surface area contributed by atoms with Gasteiger partial charge in [-0.05, 0) is 13.0 Å². The summed E-state index contributed by atoms with van der Waals surface area (Å²) in [6.07, 6.45) is 0. The van der Waals surface area contributed by atoms with Crippen LogP contribution in [0.4, 0.5) is 0 Å². The zero-order chi connectivity index (χ0) is 11.4. The van der Waals surface area contributed by atoms with E-state index in [0.29, 0.717) is 12.0 Å². The smallest absolute Gasteiger partial charge is 0.122 e. The fourth-order valence-electron chi connectivity index (χ4n) is 2.05. The van der Waals surface area contributed by atoms with Crippen molar-refractivity contribution < 1.29 is 9.47 Å². The summed E-state index contributed by atoms with van der Waals surface area (Å²) in [5.41, 5.74) is 1.32. The summed E-state index contributed by atoms with van der Waals surface area (Å²) in [7, 11) is 1.73. The van der Waals surface area contributed by atoms with Gasteiger partial charge in [-0.25, -0.2) is 0 Å². The van der Waals surface area contributed by atoms with Crippen molar-refractivity contribution in [2.45, 2.75) is 18.9 Å². The Morgan fingerprint density at radius 2 is 2.31 bits per heavy atom. The zero-order valence-electron chi connectivity index (χ0n) is 9.90. The monoisotopic (exact) mass is 221 g/mol. The van der Waals surface area contributed by atoms with E-state index in [2.05, 4.69) is 24.4 Å². The molecule has 0 aromatic heterocycles. The lowest BCUT2D eigenvalue weighted by Gasteiger charge is -2.15. The Hall–Kier alpha value is -1.06. The minimum absolute atomic E-state index is 0.387. The molecule has 0 aliphatic carbocycles. The van der Waals surface area contributed by atoms with Gasteiger partial charge in [-0.15, -0.1) is 0 Å². The van der Waals surface area contributed by atoms with E-state index in [1.807, 2.05) is 12.1 Å². The lowest BCUT2D eigenvalue weighted by molar-refractivity contribution is 0.170. The lowest BCUT2D eigenvalue weighted by Crippen LogP contribution is -2.34. The summed E-state index contributed by atoms with van der Waals surface area (Å²) in [4.78, 5) is 0. The van der Waals surface area contributed by atoms with E-state index in [4.69, 9.17) is 9.47 Å². The summed E-state index contributed by atoms with van der Waals surface area (Å²) >= 11 is 0. The third-order valence-corrected chi connectivity index (χ3v) is 2.93. The van der Waals surface area contributed by atoms with Gasteiger partial charge in [0.25, 0.3) is 0 Å². The molecule has 0 fully saturated rings. The Kier molecular flexibility index (Phi) is 3.80. The molecule has 0 bridgehead atoms. The third-order valence-electron chi connectivity index (χ3n) is 2.93. The number of fused-ring (bicyclic) bond motifs is 1. The predicted octanol–water partition coefficient (Wildman–Crippen LogP) is 1.79. The minimum atomic E-state index is 0.387. The Labute approximate surface area is 96.8 Å². The molecule has 2 atom stereocenters. The lowest BCUT2D eigenvalue weighted by atomic mass is 10.0. The largest absolute Gasteiger partial charge is 0.493 e. The molecule has 0 radical (unpaired) electrons. The maximum absolute atomic E-state index is 5.63. The zero-order valence-corrected chi connectivity index (χ0v) is 9.90. The van der Waals surface area contributed by atoms with Crippen molar-refractivity contribution >= 4 is 0 Å². The van der Waals surface area contributed by atoms with Gasteiger partial charge in [0, 0.05) is 31.2 Å². The molecule has 3 nitrogen and oxygen atoms in total. The van der Waals surface area contributed by atoms with Gasteiger partial charge in [0.1, 0.15) is 5.75 Å². The number of benzene rings is 1. The van der Waals surface area contributed by atoms with E-state index in [-0.39, 0.29) is 0 Å². The van der Waals surface area contributed by atoms with Gasteiger partial charge in [0.15, 0.2) is 0 Å². The Morgan fingerprint density at radius 1 is 1.50 bits per heavy atom. The van der Waals surface area contributed by atoms with Crippen LogP contribution in [0.25, 0.3) is 0 Å². The molecule has 16 heavy (non-hydrogen) atoms. The van der Waals surface area contributed by atoms with Gasteiger partial charge in [-0.1, -0.05) is 18.2 Å². The fraction of sp³-hybridized carbons (Fsp3) is 0.538. The molecule has 0 saturated carbocycles. The minimum Gasteiger partial charge on any atom is -0.493 e. The maximum atomic E-state index is 5.63. The number of nitrogens with one attached hydrogen (secondary N) is 1. The number of rotatable bonds is 5. The molecule has 1 aliphatic heterocycles. The van der Waals surface area contributed by atoms with Gasteiger partial charge in [0.2, 0.25) is 0 Å². The van der Waals surface area contributed by atoms with E-state index in [0.717, 1.165) is 25.5 Å². The van der Waals surface area contributed by atoms with Crippen molar-refractivity contribution in [3.05, 3.63) is 29.8 Å². The van der Waals surface area contributed by atoms with Crippen molar-refractivity contribution in [3.8, 4) is 5.75 Å². The van der Waals surface area contributed by atoms with Crippen LogP contribution in [0.5, 0.6) is 5.75 Å². The molecule has 3 heteroatoms. The first-order valence-corrected chi connectivity index (χ1v) is 5.75. The molecule has 0 amide bonds. The highest BCUT2D eigenvalue weighted by Crippen LogP contribution is 2.32. The van der Waals surface area contributed by atoms with Crippen molar-refractivity contribution in [1.82, 2.24) is 5.32 Å². The molecule has 1 aliphatic rings. The molecular formula is C13H19NO2. The fourth-order valence-corrected chi connectivity index (χ4v) is 2.05. The summed E-state index contributed by atoms with van der Waals surface area (Å²) < 4.78 is 10.7. The van der Waals surface area contributed by atoms with E-state index < -0.39 is 0 Å². The van der Waals surface area contributed by atoms with Gasteiger partial charge in [-0.3, -0.25) is 0 Å². The Bertz CT molecular complexity index is 340. The standard InChI is InChI=1S/C13H19NO2/c1-10(8-15-2)14-7-11-9-16-13-6-4-3-5-12(11)13/h3-6,10-11,14H,7-9H2,1-2H3. The van der Waals surface area contributed by atoms with Crippen LogP contribution < -0.4 is 10.1 Å². The summed E-state index contributed by atoms with van der Waals surface area (Å²) in [5.74, 6) is 1.50. The Balaban J connectivity index is 1.88. The topological polar surface area (TPSA) is 30.5 Å². The van der Waals surface area contributed by atoms with Crippen molar-refractivity contribution in [1.29, 1.82) is 0 Å². The van der Waals surface area contributed by atoms with E-state index in [1.54, 1.807) is 7.11 Å². The quantitative estimate of drug-likeness (QED) is 0.822. The second kappa shape index (κ2) is 5.32. The number of ether oxygens (including phenoxy) is 2. The number of para-hydroxylation sites is 1. The molecule has 88 valence electrons. The van der Waals surface area contributed by atoms with Crippen LogP contribution in [-0.4, -0.2) is 32.9 Å². The van der Waals surface area contributed by atoms with Crippen LogP contribution in [0.2, 0.25) is 0 Å². The third kappa shape index (κ3) is 2.54. The maximum Gasteiger partial charge on any atom is 0.122 e. The van der Waals surface area contributed by atoms with Crippen LogP contribution in [0, 0.1) is 0 Å². The average Bonchev–Trinajstić information content (AvgIpc) is 2.70. The first kappa shape index (κ1) is 11.4. The number of methoxy groups -OCH3 is 1. The predicted molar refractivity (Wildman–Crippen MR) is 64.0 cm³/mol. The highest BCUT2D eigenvalue weighted by molar-refractivity contribution is 5.39. The average molecular weight is 221 g/mol. The van der Waals surface area contributed by atoms with E-state index in [1.165, 1.54) is 5.56 Å². The van der Waals surface area contributed by atoms with Crippen LogP contribution in [0.1, 0.15) is 18.4 Å². The summed E-state index contributed by atoms with van der Waals surface area (Å²) in [5, 5.41) is 3.46. The highest BCUT2D eigenvalue weighted by atomic mass is 16.5. The second-order valence-corrected chi connectivity index (χ2v) is 4.31. The van der Waals surface area contributed by atoms with Crippen molar-refractivity contribution in [3.63, 3.8) is 0 Å². The molecule has 1 N–H and O–H groups in total. The van der Waals surface area contributed by atoms with E-state index in [9.17, 15) is 0 Å². The molecule has 0 saturated heterocycles. The van der Waals surface area contributed by atoms with Crippen molar-refractivity contribution in [2.75, 3.05) is 26.9 Å². The summed E-state index contributed by atoms with van der Waals surface area (Å²) in [6, 6.07) is 8.66. The summed E-state index contributed by atoms with van der Waals surface area (Å²) in [6.45, 7) is 4.61. The van der Waals surface area contributed by atoms with Gasteiger partial charge in [-0.2, -0.15) is 0 Å². The SMILES string of the molecule is COCC(C)NCC1COc2ccccc21. The second-order valence-electron chi connectivity index (χ2n) is 4.31. The number of hydrogen-bond donors (Lipinski definition) is 1. The molecule has 1 aromatic rings. The first-order chi connectivity index (χ1) is 7.81. The van der Waals surface area contributed by atoms with Gasteiger partial charge >= 0.3 is 0 Å². The highest BCUT2D eigenvalue weighted by Gasteiger charge is 2.23. The van der Waals surface area contributed by atoms with Crippen LogP contribution >= 0.6 is 0 Å². The van der Waals surface area contributed by atoms with Gasteiger partial charge < -0.3 is 14.8 Å². The Morgan fingerprint density at radius 3 is 3.12 bits per heavy atom. The normalized spacial score (nSPS) is 20.2. The number of hydrogen-bond acceptors (Lipinski definition) is 3. The first-order valence-electron chi connectivity index (χ1n) is 5.75. The van der Waals surface area contributed by atoms with Crippen molar-refractivity contribution in [2.24, 2.45) is 0 Å². The van der Waals surface area contributed by atoms with Crippen LogP contribution in [0.15, 0.2) is 24.3 Å². The molecule has 1 heterocycles. The molecule has 1 aromatic carbocycles. The van der Waals surface area contributed by atoms with Gasteiger partial charge in [0.05, 0.1) is 13.2 Å². The molecular weight excluding hydrogens is 202 g/mol. The molecule has 0 spiro atoms. The van der Waals surface area contributed by atoms with Crippen LogP contribution in [-0.2, 0) is 4.74 Å². The molecule has 2 unspecified atom stereocenters. The van der Waals surface area contributed by atoms with Crippen LogP contribution in [0.3, 0.4) is 0 Å². The molecule has 2 rings (SSSR count). The van der Waals surface area contributed by atoms with E-state index >= 15 is 0 Å².